The summed E-state index contributed by atoms with van der Waals surface area (Å²) >= 11 is 0. The Morgan fingerprint density at radius 1 is 1.30 bits per heavy atom. The summed E-state index contributed by atoms with van der Waals surface area (Å²) in [5.41, 5.74) is 2.98. The summed E-state index contributed by atoms with van der Waals surface area (Å²) in [5, 5.41) is 7.01. The molecule has 6 heteroatoms. The predicted octanol–water partition coefficient (Wildman–Crippen LogP) is 2.86. The van der Waals surface area contributed by atoms with E-state index in [9.17, 15) is 4.79 Å². The van der Waals surface area contributed by atoms with Gasteiger partial charge in [0.05, 0.1) is 6.10 Å². The van der Waals surface area contributed by atoms with E-state index in [0.717, 1.165) is 51.5 Å². The highest BCUT2D eigenvalue weighted by atomic mass is 16.5. The number of amides is 1. The number of fused-ring (bicyclic) bond motifs is 1. The van der Waals surface area contributed by atoms with Crippen LogP contribution in [0.15, 0.2) is 29.3 Å². The summed E-state index contributed by atoms with van der Waals surface area (Å²) in [6.45, 7) is 5.21. The van der Waals surface area contributed by atoms with Gasteiger partial charge in [0.1, 0.15) is 0 Å². The topological polar surface area (TPSA) is 66.0 Å². The van der Waals surface area contributed by atoms with Gasteiger partial charge in [-0.05, 0) is 50.2 Å². The molecule has 3 aliphatic rings. The molecule has 0 saturated heterocycles. The molecule has 164 valence electrons. The van der Waals surface area contributed by atoms with Gasteiger partial charge in [0.25, 0.3) is 0 Å². The Labute approximate surface area is 180 Å². The Kier molecular flexibility index (Phi) is 6.61. The van der Waals surface area contributed by atoms with Gasteiger partial charge in [-0.15, -0.1) is 0 Å². The molecule has 2 fully saturated rings. The molecule has 2 unspecified atom stereocenters. The summed E-state index contributed by atoms with van der Waals surface area (Å²) < 4.78 is 5.94. The molecule has 2 atom stereocenters. The zero-order valence-electron chi connectivity index (χ0n) is 18.5. The number of hydrogen-bond donors (Lipinski definition) is 2. The van der Waals surface area contributed by atoms with Crippen LogP contribution in [0.3, 0.4) is 0 Å². The molecule has 0 aromatic heterocycles. The third-order valence-electron chi connectivity index (χ3n) is 7.32. The van der Waals surface area contributed by atoms with Crippen molar-refractivity contribution in [2.45, 2.75) is 70.6 Å². The average Bonchev–Trinajstić information content (AvgIpc) is 2.72. The zero-order chi connectivity index (χ0) is 21.0. The van der Waals surface area contributed by atoms with Crippen LogP contribution < -0.4 is 10.6 Å². The minimum Gasteiger partial charge on any atom is -0.378 e. The van der Waals surface area contributed by atoms with Crippen molar-refractivity contribution in [2.75, 3.05) is 26.7 Å². The van der Waals surface area contributed by atoms with Crippen molar-refractivity contribution < 1.29 is 9.53 Å². The number of rotatable bonds is 7. The van der Waals surface area contributed by atoms with Gasteiger partial charge in [0.2, 0.25) is 5.91 Å². The van der Waals surface area contributed by atoms with Gasteiger partial charge < -0.3 is 20.3 Å². The van der Waals surface area contributed by atoms with Gasteiger partial charge in [0.15, 0.2) is 5.96 Å². The first-order valence-electron chi connectivity index (χ1n) is 11.6. The molecule has 1 amide bonds. The number of ether oxygens (including phenoxy) is 1. The van der Waals surface area contributed by atoms with Crippen LogP contribution in [0.2, 0.25) is 0 Å². The highest BCUT2D eigenvalue weighted by molar-refractivity contribution is 5.80. The Balaban J connectivity index is 1.18. The van der Waals surface area contributed by atoms with Crippen molar-refractivity contribution in [3.8, 4) is 0 Å². The Morgan fingerprint density at radius 3 is 2.80 bits per heavy atom. The van der Waals surface area contributed by atoms with E-state index in [-0.39, 0.29) is 5.91 Å². The third-order valence-corrected chi connectivity index (χ3v) is 7.32. The molecule has 2 aliphatic carbocycles. The Hall–Kier alpha value is -2.08. The number of guanidine groups is 1. The van der Waals surface area contributed by atoms with Crippen molar-refractivity contribution in [3.63, 3.8) is 0 Å². The maximum Gasteiger partial charge on any atom is 0.222 e. The van der Waals surface area contributed by atoms with Gasteiger partial charge in [-0.2, -0.15) is 0 Å². The molecule has 30 heavy (non-hydrogen) atoms. The van der Waals surface area contributed by atoms with Crippen LogP contribution in [0.4, 0.5) is 0 Å². The molecular weight excluding hydrogens is 376 g/mol. The molecule has 4 rings (SSSR count). The maximum atomic E-state index is 12.6. The lowest BCUT2D eigenvalue weighted by atomic mass is 9.51. The molecule has 2 saturated carbocycles. The molecule has 1 aromatic rings. The SMILES string of the molecule is CCOC1CC(NC(=NC)NCCCC(=O)N2CCc3ccccc3C2)C12CCC2. The summed E-state index contributed by atoms with van der Waals surface area (Å²) in [6.07, 6.45) is 7.61. The van der Waals surface area contributed by atoms with E-state index in [2.05, 4.69) is 46.8 Å². The lowest BCUT2D eigenvalue weighted by molar-refractivity contribution is -0.168. The predicted molar refractivity (Wildman–Crippen MR) is 119 cm³/mol. The zero-order valence-corrected chi connectivity index (χ0v) is 18.5. The first-order valence-corrected chi connectivity index (χ1v) is 11.6. The second-order valence-electron chi connectivity index (χ2n) is 8.90. The van der Waals surface area contributed by atoms with Crippen molar-refractivity contribution >= 4 is 11.9 Å². The number of nitrogens with zero attached hydrogens (tertiary/aromatic N) is 2. The third kappa shape index (κ3) is 4.20. The van der Waals surface area contributed by atoms with Crippen molar-refractivity contribution in [1.29, 1.82) is 0 Å². The summed E-state index contributed by atoms with van der Waals surface area (Å²) in [4.78, 5) is 19.0. The van der Waals surface area contributed by atoms with E-state index in [1.165, 1.54) is 30.4 Å². The van der Waals surface area contributed by atoms with Gasteiger partial charge in [0, 0.05) is 51.2 Å². The number of hydrogen-bond acceptors (Lipinski definition) is 3. The Morgan fingerprint density at radius 2 is 2.10 bits per heavy atom. The van der Waals surface area contributed by atoms with E-state index in [1.807, 2.05) is 11.9 Å². The highest BCUT2D eigenvalue weighted by Gasteiger charge is 2.59. The molecule has 1 spiro atoms. The van der Waals surface area contributed by atoms with Crippen molar-refractivity contribution in [2.24, 2.45) is 10.4 Å². The smallest absolute Gasteiger partial charge is 0.222 e. The van der Waals surface area contributed by atoms with E-state index in [4.69, 9.17) is 4.74 Å². The fourth-order valence-corrected chi connectivity index (χ4v) is 5.31. The number of nitrogens with one attached hydrogen (secondary N) is 2. The van der Waals surface area contributed by atoms with Crippen molar-refractivity contribution in [1.82, 2.24) is 15.5 Å². The van der Waals surface area contributed by atoms with Crippen LogP contribution in [-0.4, -0.2) is 55.7 Å². The first kappa shape index (κ1) is 21.2. The van der Waals surface area contributed by atoms with E-state index >= 15 is 0 Å². The number of carbonyl (C=O) groups excluding carboxylic acids is 1. The molecule has 6 nitrogen and oxygen atoms in total. The van der Waals surface area contributed by atoms with Gasteiger partial charge in [-0.25, -0.2) is 0 Å². The van der Waals surface area contributed by atoms with Gasteiger partial charge >= 0.3 is 0 Å². The lowest BCUT2D eigenvalue weighted by Gasteiger charge is -2.61. The quantitative estimate of drug-likeness (QED) is 0.411. The molecule has 0 radical (unpaired) electrons. The van der Waals surface area contributed by atoms with Crippen LogP contribution in [0.25, 0.3) is 0 Å². The maximum absolute atomic E-state index is 12.6. The fraction of sp³-hybridized carbons (Fsp3) is 0.667. The second kappa shape index (κ2) is 9.38. The minimum atomic E-state index is 0.251. The minimum absolute atomic E-state index is 0.251. The Bertz CT molecular complexity index is 774. The second-order valence-corrected chi connectivity index (χ2v) is 8.90. The van der Waals surface area contributed by atoms with Gasteiger partial charge in [-0.3, -0.25) is 9.79 Å². The molecular formula is C24H36N4O2. The summed E-state index contributed by atoms with van der Waals surface area (Å²) in [6, 6.07) is 8.89. The highest BCUT2D eigenvalue weighted by Crippen LogP contribution is 2.57. The van der Waals surface area contributed by atoms with Crippen LogP contribution in [0, 0.1) is 5.41 Å². The molecule has 0 bridgehead atoms. The lowest BCUT2D eigenvalue weighted by Crippen LogP contribution is -2.68. The number of carbonyl (C=O) groups is 1. The molecule has 2 N–H and O–H groups in total. The van der Waals surface area contributed by atoms with Crippen molar-refractivity contribution in [3.05, 3.63) is 35.4 Å². The monoisotopic (exact) mass is 412 g/mol. The standard InChI is InChI=1S/C24H36N4O2/c1-3-30-21-16-20(24(21)12-7-13-24)27-23(25-2)26-14-6-10-22(29)28-15-11-18-8-4-5-9-19(18)17-28/h4-5,8-9,20-21H,3,6-7,10-17H2,1-2H3,(H2,25,26,27). The van der Waals surface area contributed by atoms with E-state index in [0.29, 0.717) is 24.0 Å². The van der Waals surface area contributed by atoms with Crippen LogP contribution in [0.1, 0.15) is 56.6 Å². The van der Waals surface area contributed by atoms with Gasteiger partial charge in [-0.1, -0.05) is 30.7 Å². The fourth-order valence-electron chi connectivity index (χ4n) is 5.31. The van der Waals surface area contributed by atoms with E-state index in [1.54, 1.807) is 0 Å². The number of benzene rings is 1. The van der Waals surface area contributed by atoms with Crippen LogP contribution in [0.5, 0.6) is 0 Å². The largest absolute Gasteiger partial charge is 0.378 e. The average molecular weight is 413 g/mol. The number of aliphatic imine (C=N–C) groups is 1. The summed E-state index contributed by atoms with van der Waals surface area (Å²) in [5.74, 6) is 1.10. The van der Waals surface area contributed by atoms with Crippen LogP contribution >= 0.6 is 0 Å². The molecule has 1 aromatic carbocycles. The normalized spacial score (nSPS) is 24.6. The molecule has 1 heterocycles. The molecule has 1 aliphatic heterocycles. The van der Waals surface area contributed by atoms with Crippen LogP contribution in [-0.2, 0) is 22.5 Å². The first-order chi connectivity index (χ1) is 14.7. The summed E-state index contributed by atoms with van der Waals surface area (Å²) in [7, 11) is 1.82. The van der Waals surface area contributed by atoms with E-state index < -0.39 is 0 Å².